The van der Waals surface area contributed by atoms with Crippen molar-refractivity contribution in [3.8, 4) is 0 Å². The van der Waals surface area contributed by atoms with Crippen molar-refractivity contribution in [2.24, 2.45) is 0 Å². The summed E-state index contributed by atoms with van der Waals surface area (Å²) in [5.74, 6) is -0.332. The number of esters is 1. The van der Waals surface area contributed by atoms with E-state index in [0.29, 0.717) is 11.6 Å². The summed E-state index contributed by atoms with van der Waals surface area (Å²) in [6.45, 7) is 4.19. The lowest BCUT2D eigenvalue weighted by Gasteiger charge is -2.07. The monoisotopic (exact) mass is 218 g/mol. The molecule has 4 nitrogen and oxygen atoms in total. The molecule has 0 aliphatic rings. The van der Waals surface area contributed by atoms with Crippen LogP contribution in [0.25, 0.3) is 11.0 Å². The number of hydrogen-bond acceptors (Lipinski definition) is 3. The Balaban J connectivity index is 2.53. The number of rotatable bonds is 2. The van der Waals surface area contributed by atoms with Crippen molar-refractivity contribution in [3.05, 3.63) is 30.1 Å². The fourth-order valence-corrected chi connectivity index (χ4v) is 1.69. The molecule has 4 heteroatoms. The van der Waals surface area contributed by atoms with Gasteiger partial charge in [0.15, 0.2) is 0 Å². The number of carbonyl (C=O) groups excluding carboxylic acids is 1. The number of methoxy groups -OCH3 is 1. The predicted molar refractivity (Wildman–Crippen MR) is 61.5 cm³/mol. The highest BCUT2D eigenvalue weighted by molar-refractivity contribution is 5.93. The maximum Gasteiger partial charge on any atom is 0.337 e. The Bertz CT molecular complexity index is 529. The highest BCUT2D eigenvalue weighted by Crippen LogP contribution is 2.18. The number of hydrogen-bond donors (Lipinski definition) is 0. The van der Waals surface area contributed by atoms with Crippen LogP contribution in [0.1, 0.15) is 30.2 Å². The van der Waals surface area contributed by atoms with Crippen LogP contribution in [0.5, 0.6) is 0 Å². The second-order valence-electron chi connectivity index (χ2n) is 3.94. The van der Waals surface area contributed by atoms with Crippen LogP contribution in [0, 0.1) is 0 Å². The number of imidazole rings is 1. The molecule has 0 N–H and O–H groups in total. The molecular formula is C12H14N2O2. The summed E-state index contributed by atoms with van der Waals surface area (Å²) in [5, 5.41) is 0. The van der Waals surface area contributed by atoms with E-state index in [-0.39, 0.29) is 5.97 Å². The summed E-state index contributed by atoms with van der Waals surface area (Å²) in [5.41, 5.74) is 2.38. The molecule has 0 aliphatic carbocycles. The van der Waals surface area contributed by atoms with Gasteiger partial charge in [0.05, 0.1) is 30.0 Å². The van der Waals surface area contributed by atoms with E-state index in [4.69, 9.17) is 0 Å². The second kappa shape index (κ2) is 3.96. The Morgan fingerprint density at radius 2 is 2.19 bits per heavy atom. The molecule has 1 aromatic carbocycles. The molecule has 0 fully saturated rings. The van der Waals surface area contributed by atoms with Gasteiger partial charge in [-0.1, -0.05) is 0 Å². The minimum absolute atomic E-state index is 0.332. The van der Waals surface area contributed by atoms with Gasteiger partial charge in [-0.2, -0.15) is 0 Å². The number of nitrogens with zero attached hydrogens (tertiary/aromatic N) is 2. The third kappa shape index (κ3) is 1.66. The molecule has 0 atom stereocenters. The number of benzene rings is 1. The fraction of sp³-hybridized carbons (Fsp3) is 0.333. The Kier molecular flexibility index (Phi) is 2.64. The van der Waals surface area contributed by atoms with Crippen molar-refractivity contribution >= 4 is 17.0 Å². The molecule has 0 amide bonds. The molecule has 1 aromatic heterocycles. The molecule has 0 aliphatic heterocycles. The third-order valence-electron chi connectivity index (χ3n) is 2.55. The first-order valence-corrected chi connectivity index (χ1v) is 5.18. The molecule has 2 aromatic rings. The van der Waals surface area contributed by atoms with Crippen molar-refractivity contribution in [1.29, 1.82) is 0 Å². The van der Waals surface area contributed by atoms with Crippen LogP contribution < -0.4 is 0 Å². The maximum absolute atomic E-state index is 11.3. The van der Waals surface area contributed by atoms with E-state index in [2.05, 4.69) is 28.1 Å². The molecule has 0 saturated carbocycles. The van der Waals surface area contributed by atoms with E-state index in [1.165, 1.54) is 7.11 Å². The predicted octanol–water partition coefficient (Wildman–Crippen LogP) is 2.40. The highest BCUT2D eigenvalue weighted by Gasteiger charge is 2.10. The molecule has 1 heterocycles. The van der Waals surface area contributed by atoms with Gasteiger partial charge in [0, 0.05) is 6.04 Å². The van der Waals surface area contributed by atoms with E-state index in [1.807, 2.05) is 6.07 Å². The van der Waals surface area contributed by atoms with Gasteiger partial charge in [-0.25, -0.2) is 9.78 Å². The van der Waals surface area contributed by atoms with E-state index < -0.39 is 0 Å². The minimum atomic E-state index is -0.332. The van der Waals surface area contributed by atoms with Crippen molar-refractivity contribution < 1.29 is 9.53 Å². The Morgan fingerprint density at radius 3 is 2.81 bits per heavy atom. The van der Waals surface area contributed by atoms with Gasteiger partial charge in [-0.3, -0.25) is 0 Å². The second-order valence-corrected chi connectivity index (χ2v) is 3.94. The summed E-state index contributed by atoms with van der Waals surface area (Å²) in [7, 11) is 1.37. The summed E-state index contributed by atoms with van der Waals surface area (Å²) >= 11 is 0. The van der Waals surface area contributed by atoms with E-state index in [0.717, 1.165) is 11.0 Å². The van der Waals surface area contributed by atoms with Gasteiger partial charge in [-0.15, -0.1) is 0 Å². The van der Waals surface area contributed by atoms with E-state index in [9.17, 15) is 4.79 Å². The lowest BCUT2D eigenvalue weighted by atomic mass is 10.2. The van der Waals surface area contributed by atoms with Crippen LogP contribution in [-0.4, -0.2) is 22.6 Å². The Hall–Kier alpha value is -1.84. The van der Waals surface area contributed by atoms with Crippen LogP contribution in [0.3, 0.4) is 0 Å². The molecule has 16 heavy (non-hydrogen) atoms. The average Bonchev–Trinajstić information content (AvgIpc) is 2.70. The van der Waals surface area contributed by atoms with Gasteiger partial charge in [0.2, 0.25) is 0 Å². The average molecular weight is 218 g/mol. The number of ether oxygens (including phenoxy) is 1. The minimum Gasteiger partial charge on any atom is -0.465 e. The van der Waals surface area contributed by atoms with Crippen molar-refractivity contribution in [1.82, 2.24) is 9.55 Å². The third-order valence-corrected chi connectivity index (χ3v) is 2.55. The van der Waals surface area contributed by atoms with Gasteiger partial charge in [0.25, 0.3) is 0 Å². The molecular weight excluding hydrogens is 204 g/mol. The van der Waals surface area contributed by atoms with Crippen molar-refractivity contribution in [3.63, 3.8) is 0 Å². The first-order valence-electron chi connectivity index (χ1n) is 5.18. The lowest BCUT2D eigenvalue weighted by molar-refractivity contribution is 0.0601. The molecule has 2 rings (SSSR count). The number of fused-ring (bicyclic) bond motifs is 1. The molecule has 0 saturated heterocycles. The normalized spacial score (nSPS) is 11.0. The topological polar surface area (TPSA) is 44.1 Å². The molecule has 0 radical (unpaired) electrons. The summed E-state index contributed by atoms with van der Waals surface area (Å²) in [6, 6.07) is 5.76. The first kappa shape index (κ1) is 10.7. The number of carbonyl (C=O) groups is 1. The molecule has 0 spiro atoms. The zero-order valence-corrected chi connectivity index (χ0v) is 9.60. The quantitative estimate of drug-likeness (QED) is 0.727. The van der Waals surface area contributed by atoms with Gasteiger partial charge in [-0.05, 0) is 32.0 Å². The Labute approximate surface area is 93.9 Å². The van der Waals surface area contributed by atoms with Crippen LogP contribution in [0.2, 0.25) is 0 Å². The van der Waals surface area contributed by atoms with Crippen LogP contribution >= 0.6 is 0 Å². The van der Waals surface area contributed by atoms with Gasteiger partial charge >= 0.3 is 5.97 Å². The molecule has 0 bridgehead atoms. The highest BCUT2D eigenvalue weighted by atomic mass is 16.5. The van der Waals surface area contributed by atoms with Gasteiger partial charge in [0.1, 0.15) is 0 Å². The molecule has 0 unspecified atom stereocenters. The van der Waals surface area contributed by atoms with Crippen LogP contribution in [0.15, 0.2) is 24.5 Å². The number of aromatic nitrogens is 2. The summed E-state index contributed by atoms with van der Waals surface area (Å²) in [4.78, 5) is 15.6. The summed E-state index contributed by atoms with van der Waals surface area (Å²) < 4.78 is 6.73. The maximum atomic E-state index is 11.3. The largest absolute Gasteiger partial charge is 0.465 e. The van der Waals surface area contributed by atoms with Crippen LogP contribution in [-0.2, 0) is 4.74 Å². The smallest absolute Gasteiger partial charge is 0.337 e. The van der Waals surface area contributed by atoms with Crippen LogP contribution in [0.4, 0.5) is 0 Å². The fourth-order valence-electron chi connectivity index (χ4n) is 1.69. The van der Waals surface area contributed by atoms with Crippen molar-refractivity contribution in [2.45, 2.75) is 19.9 Å². The summed E-state index contributed by atoms with van der Waals surface area (Å²) in [6.07, 6.45) is 1.79. The zero-order chi connectivity index (χ0) is 11.7. The standard InChI is InChI=1S/C12H14N2O2/c1-8(2)14-7-13-10-6-9(12(15)16-3)4-5-11(10)14/h4-8H,1-3H3. The zero-order valence-electron chi connectivity index (χ0n) is 9.60. The Morgan fingerprint density at radius 1 is 1.44 bits per heavy atom. The van der Waals surface area contributed by atoms with E-state index >= 15 is 0 Å². The van der Waals surface area contributed by atoms with Gasteiger partial charge < -0.3 is 9.30 Å². The molecule has 84 valence electrons. The SMILES string of the molecule is COC(=O)c1ccc2c(c1)ncn2C(C)C. The first-order chi connectivity index (χ1) is 7.63. The van der Waals surface area contributed by atoms with E-state index in [1.54, 1.807) is 18.5 Å². The van der Waals surface area contributed by atoms with Crippen molar-refractivity contribution in [2.75, 3.05) is 7.11 Å². The lowest BCUT2D eigenvalue weighted by Crippen LogP contribution is -2.01.